The SMILES string of the molecule is COC(=O)c1ccc2c(cnn2-c2cccc(F)c2)c1F. The van der Waals surface area contributed by atoms with Crippen molar-refractivity contribution in [1.82, 2.24) is 9.78 Å². The molecular weight excluding hydrogens is 278 g/mol. The van der Waals surface area contributed by atoms with Crippen molar-refractivity contribution in [3.05, 3.63) is 59.8 Å². The molecule has 3 rings (SSSR count). The molecule has 0 saturated heterocycles. The van der Waals surface area contributed by atoms with Gasteiger partial charge >= 0.3 is 5.97 Å². The van der Waals surface area contributed by atoms with Gasteiger partial charge in [-0.3, -0.25) is 0 Å². The largest absolute Gasteiger partial charge is 0.465 e. The molecule has 6 heteroatoms. The highest BCUT2D eigenvalue weighted by molar-refractivity contribution is 5.95. The lowest BCUT2D eigenvalue weighted by atomic mass is 10.1. The van der Waals surface area contributed by atoms with Gasteiger partial charge in [-0.05, 0) is 30.3 Å². The minimum atomic E-state index is -0.757. The molecule has 106 valence electrons. The first kappa shape index (κ1) is 13.2. The van der Waals surface area contributed by atoms with Gasteiger partial charge in [-0.1, -0.05) is 6.07 Å². The molecule has 1 aromatic heterocycles. The molecule has 0 aliphatic heterocycles. The first-order chi connectivity index (χ1) is 10.1. The van der Waals surface area contributed by atoms with Crippen LogP contribution in [0.2, 0.25) is 0 Å². The third kappa shape index (κ3) is 2.14. The van der Waals surface area contributed by atoms with E-state index in [9.17, 15) is 13.6 Å². The van der Waals surface area contributed by atoms with Gasteiger partial charge in [-0.25, -0.2) is 18.3 Å². The van der Waals surface area contributed by atoms with Crippen molar-refractivity contribution < 1.29 is 18.3 Å². The van der Waals surface area contributed by atoms with Crippen molar-refractivity contribution in [1.29, 1.82) is 0 Å². The van der Waals surface area contributed by atoms with Gasteiger partial charge in [0.1, 0.15) is 11.6 Å². The highest BCUT2D eigenvalue weighted by Gasteiger charge is 2.17. The van der Waals surface area contributed by atoms with Crippen LogP contribution in [0.25, 0.3) is 16.6 Å². The summed E-state index contributed by atoms with van der Waals surface area (Å²) < 4.78 is 33.5. The molecule has 21 heavy (non-hydrogen) atoms. The Hall–Kier alpha value is -2.76. The number of carbonyl (C=O) groups is 1. The van der Waals surface area contributed by atoms with Crippen LogP contribution in [0.5, 0.6) is 0 Å². The van der Waals surface area contributed by atoms with E-state index in [1.54, 1.807) is 12.1 Å². The molecule has 0 aliphatic rings. The lowest BCUT2D eigenvalue weighted by Gasteiger charge is -2.05. The molecule has 4 nitrogen and oxygen atoms in total. The number of aromatic nitrogens is 2. The molecule has 0 fully saturated rings. The fourth-order valence-electron chi connectivity index (χ4n) is 2.15. The number of halogens is 2. The number of fused-ring (bicyclic) bond motifs is 1. The second-order valence-corrected chi connectivity index (χ2v) is 4.39. The Balaban J connectivity index is 2.20. The van der Waals surface area contributed by atoms with Crippen LogP contribution in [0, 0.1) is 11.6 Å². The quantitative estimate of drug-likeness (QED) is 0.681. The van der Waals surface area contributed by atoms with E-state index >= 15 is 0 Å². The van der Waals surface area contributed by atoms with E-state index < -0.39 is 17.6 Å². The highest BCUT2D eigenvalue weighted by Crippen LogP contribution is 2.24. The first-order valence-corrected chi connectivity index (χ1v) is 6.12. The van der Waals surface area contributed by atoms with Crippen molar-refractivity contribution in [3.63, 3.8) is 0 Å². The summed E-state index contributed by atoms with van der Waals surface area (Å²) >= 11 is 0. The van der Waals surface area contributed by atoms with Crippen LogP contribution < -0.4 is 0 Å². The predicted molar refractivity (Wildman–Crippen MR) is 72.3 cm³/mol. The standard InChI is InChI=1S/C15H10F2N2O2/c1-21-15(20)11-5-6-13-12(14(11)17)8-18-19(13)10-4-2-3-9(16)7-10/h2-8H,1H3. The zero-order valence-electron chi connectivity index (χ0n) is 11.0. The van der Waals surface area contributed by atoms with E-state index in [1.165, 1.54) is 42.3 Å². The summed E-state index contributed by atoms with van der Waals surface area (Å²) in [6, 6.07) is 8.66. The number of ether oxygens (including phenoxy) is 1. The number of hydrogen-bond donors (Lipinski definition) is 0. The molecule has 0 bridgehead atoms. The van der Waals surface area contributed by atoms with Gasteiger partial charge in [-0.2, -0.15) is 5.10 Å². The van der Waals surface area contributed by atoms with Crippen molar-refractivity contribution in [2.45, 2.75) is 0 Å². The monoisotopic (exact) mass is 288 g/mol. The molecule has 3 aromatic rings. The minimum Gasteiger partial charge on any atom is -0.465 e. The Morgan fingerprint density at radius 2 is 2.05 bits per heavy atom. The third-order valence-electron chi connectivity index (χ3n) is 3.15. The molecule has 0 radical (unpaired) electrons. The molecule has 0 amide bonds. The smallest absolute Gasteiger partial charge is 0.340 e. The second-order valence-electron chi connectivity index (χ2n) is 4.39. The summed E-state index contributed by atoms with van der Waals surface area (Å²) in [5, 5.41) is 4.22. The summed E-state index contributed by atoms with van der Waals surface area (Å²) in [7, 11) is 1.18. The Morgan fingerprint density at radius 1 is 1.24 bits per heavy atom. The number of esters is 1. The van der Waals surface area contributed by atoms with E-state index in [4.69, 9.17) is 0 Å². The van der Waals surface area contributed by atoms with Gasteiger partial charge in [0, 0.05) is 0 Å². The van der Waals surface area contributed by atoms with E-state index in [2.05, 4.69) is 9.84 Å². The summed E-state index contributed by atoms with van der Waals surface area (Å²) in [5.74, 6) is -1.88. The fourth-order valence-corrected chi connectivity index (χ4v) is 2.15. The Bertz CT molecular complexity index is 843. The van der Waals surface area contributed by atoms with Crippen LogP contribution >= 0.6 is 0 Å². The normalized spacial score (nSPS) is 10.8. The van der Waals surface area contributed by atoms with Gasteiger partial charge in [0.2, 0.25) is 0 Å². The lowest BCUT2D eigenvalue weighted by Crippen LogP contribution is -2.04. The van der Waals surface area contributed by atoms with E-state index in [-0.39, 0.29) is 10.9 Å². The average molecular weight is 288 g/mol. The van der Waals surface area contributed by atoms with Crippen LogP contribution in [0.3, 0.4) is 0 Å². The Kier molecular flexibility index (Phi) is 3.13. The summed E-state index contributed by atoms with van der Waals surface area (Å²) in [6.45, 7) is 0. The second kappa shape index (κ2) is 4.97. The van der Waals surface area contributed by atoms with Crippen molar-refractivity contribution in [3.8, 4) is 5.69 Å². The van der Waals surface area contributed by atoms with Gasteiger partial charge in [0.05, 0.1) is 35.5 Å². The highest BCUT2D eigenvalue weighted by atomic mass is 19.1. The number of carbonyl (C=O) groups excluding carboxylic acids is 1. The van der Waals surface area contributed by atoms with Crippen molar-refractivity contribution >= 4 is 16.9 Å². The van der Waals surface area contributed by atoms with Gasteiger partial charge < -0.3 is 4.74 Å². The van der Waals surface area contributed by atoms with Gasteiger partial charge in [0.25, 0.3) is 0 Å². The summed E-state index contributed by atoms with van der Waals surface area (Å²) in [4.78, 5) is 11.5. The Morgan fingerprint density at radius 3 is 2.76 bits per heavy atom. The number of nitrogens with zero attached hydrogens (tertiary/aromatic N) is 2. The summed E-state index contributed by atoms with van der Waals surface area (Å²) in [5.41, 5.74) is 0.741. The number of hydrogen-bond acceptors (Lipinski definition) is 3. The molecule has 2 aromatic carbocycles. The van der Waals surface area contributed by atoms with Crippen molar-refractivity contribution in [2.75, 3.05) is 7.11 Å². The van der Waals surface area contributed by atoms with Crippen LogP contribution in [0.15, 0.2) is 42.6 Å². The topological polar surface area (TPSA) is 44.1 Å². The minimum absolute atomic E-state index is 0.163. The molecule has 0 N–H and O–H groups in total. The molecule has 0 spiro atoms. The van der Waals surface area contributed by atoms with Crippen LogP contribution in [0.4, 0.5) is 8.78 Å². The molecule has 0 saturated carbocycles. The molecule has 0 aliphatic carbocycles. The third-order valence-corrected chi connectivity index (χ3v) is 3.15. The van der Waals surface area contributed by atoms with Crippen LogP contribution in [0.1, 0.15) is 10.4 Å². The first-order valence-electron chi connectivity index (χ1n) is 6.12. The maximum absolute atomic E-state index is 14.3. The van der Waals surface area contributed by atoms with Crippen LogP contribution in [-0.2, 0) is 4.74 Å². The van der Waals surface area contributed by atoms with E-state index in [0.717, 1.165) is 0 Å². The zero-order valence-corrected chi connectivity index (χ0v) is 11.0. The number of methoxy groups -OCH3 is 1. The molecular formula is C15H10F2N2O2. The maximum atomic E-state index is 14.3. The lowest BCUT2D eigenvalue weighted by molar-refractivity contribution is 0.0596. The van der Waals surface area contributed by atoms with Crippen LogP contribution in [-0.4, -0.2) is 22.9 Å². The maximum Gasteiger partial charge on any atom is 0.340 e. The molecule has 1 heterocycles. The van der Waals surface area contributed by atoms with Crippen molar-refractivity contribution in [2.24, 2.45) is 0 Å². The van der Waals surface area contributed by atoms with E-state index in [0.29, 0.717) is 11.2 Å². The number of benzene rings is 2. The zero-order chi connectivity index (χ0) is 15.0. The Labute approximate surface area is 118 Å². The predicted octanol–water partition coefficient (Wildman–Crippen LogP) is 3.09. The van der Waals surface area contributed by atoms with E-state index in [1.807, 2.05) is 0 Å². The molecule has 0 unspecified atom stereocenters. The average Bonchev–Trinajstić information content (AvgIpc) is 2.92. The number of rotatable bonds is 2. The fraction of sp³-hybridized carbons (Fsp3) is 0.0667. The summed E-state index contributed by atoms with van der Waals surface area (Å²) in [6.07, 6.45) is 1.29. The van der Waals surface area contributed by atoms with Gasteiger partial charge in [-0.15, -0.1) is 0 Å². The molecule has 0 atom stereocenters. The van der Waals surface area contributed by atoms with Gasteiger partial charge in [0.15, 0.2) is 0 Å².